The fraction of sp³-hybridized carbons (Fsp3) is 0. The maximum absolute atomic E-state index is 15.1. The highest BCUT2D eigenvalue weighted by atomic mass is 35.5. The minimum absolute atomic E-state index is 0.0669. The van der Waals surface area contributed by atoms with Crippen LogP contribution < -0.4 is 11.1 Å². The number of rotatable bonds is 4. The zero-order valence-electron chi connectivity index (χ0n) is 16.5. The second kappa shape index (κ2) is 8.86. The number of nitrogen functional groups attached to an aromatic ring is 1. The summed E-state index contributed by atoms with van der Waals surface area (Å²) in [5.41, 5.74) is 5.56. The van der Waals surface area contributed by atoms with Gasteiger partial charge in [0.1, 0.15) is 5.82 Å². The van der Waals surface area contributed by atoms with E-state index in [0.29, 0.717) is 0 Å². The number of hydrogen-bond donors (Lipinski definition) is 2. The van der Waals surface area contributed by atoms with E-state index in [0.717, 1.165) is 12.1 Å². The number of anilines is 2. The van der Waals surface area contributed by atoms with E-state index in [1.54, 1.807) is 0 Å². The maximum Gasteiger partial charge on any atom is 0.259 e. The number of terminal acetylenes is 1. The van der Waals surface area contributed by atoms with Gasteiger partial charge in [0, 0.05) is 16.7 Å². The van der Waals surface area contributed by atoms with E-state index in [-0.39, 0.29) is 43.8 Å². The lowest BCUT2D eigenvalue weighted by atomic mass is 9.96. The highest BCUT2D eigenvalue weighted by Gasteiger charge is 2.23. The van der Waals surface area contributed by atoms with Crippen molar-refractivity contribution < 1.29 is 13.6 Å². The summed E-state index contributed by atoms with van der Waals surface area (Å²) in [5, 5.41) is 10.4. The number of nitrogens with zero attached hydrogens (tertiary/aromatic N) is 4. The third kappa shape index (κ3) is 4.22. The van der Waals surface area contributed by atoms with E-state index < -0.39 is 23.2 Å². The number of carbonyl (C=O) groups excluding carboxylic acids is 1. The monoisotopic (exact) mass is 484 g/mol. The Morgan fingerprint density at radius 2 is 1.82 bits per heavy atom. The topological polar surface area (TPSA) is 98.7 Å². The number of halogens is 4. The average molecular weight is 485 g/mol. The number of pyridine rings is 1. The number of hydrogen-bond acceptors (Lipinski definition) is 5. The van der Waals surface area contributed by atoms with E-state index in [4.69, 9.17) is 35.4 Å². The number of carbonyl (C=O) groups is 1. The number of aromatic nitrogens is 4. The van der Waals surface area contributed by atoms with Crippen molar-refractivity contribution in [3.63, 3.8) is 0 Å². The number of amides is 1. The predicted molar refractivity (Wildman–Crippen MR) is 121 cm³/mol. The van der Waals surface area contributed by atoms with Crippen LogP contribution >= 0.6 is 23.2 Å². The molecule has 0 fully saturated rings. The van der Waals surface area contributed by atoms with Crippen molar-refractivity contribution in [2.75, 3.05) is 11.1 Å². The molecule has 0 aliphatic rings. The molecule has 3 N–H and O–H groups in total. The number of nitrogens with one attached hydrogen (secondary N) is 1. The largest absolute Gasteiger partial charge is 0.396 e. The van der Waals surface area contributed by atoms with Gasteiger partial charge < -0.3 is 11.1 Å². The Hall–Kier alpha value is -4.00. The number of benzene rings is 2. The molecule has 0 bridgehead atoms. The van der Waals surface area contributed by atoms with Crippen LogP contribution in [0.2, 0.25) is 10.0 Å². The first kappa shape index (κ1) is 22.2. The Balaban J connectivity index is 1.68. The van der Waals surface area contributed by atoms with E-state index in [9.17, 15) is 9.18 Å². The molecule has 4 rings (SSSR count). The molecule has 2 aromatic carbocycles. The van der Waals surface area contributed by atoms with Crippen LogP contribution in [0.3, 0.4) is 0 Å². The Morgan fingerprint density at radius 1 is 1.09 bits per heavy atom. The summed E-state index contributed by atoms with van der Waals surface area (Å²) in [4.78, 5) is 18.1. The van der Waals surface area contributed by atoms with Crippen LogP contribution in [0, 0.1) is 24.0 Å². The lowest BCUT2D eigenvalue weighted by molar-refractivity contribution is 0.102. The molecule has 0 spiro atoms. The van der Waals surface area contributed by atoms with Gasteiger partial charge in [-0.25, -0.2) is 13.8 Å². The third-order valence-electron chi connectivity index (χ3n) is 4.59. The minimum Gasteiger partial charge on any atom is -0.396 e. The van der Waals surface area contributed by atoms with Crippen molar-refractivity contribution in [3.8, 4) is 29.3 Å². The average Bonchev–Trinajstić information content (AvgIpc) is 3.31. The van der Waals surface area contributed by atoms with Crippen molar-refractivity contribution in [2.24, 2.45) is 0 Å². The molecular formula is C22H12Cl2F2N6O. The van der Waals surface area contributed by atoms with Gasteiger partial charge in [0.15, 0.2) is 11.6 Å². The van der Waals surface area contributed by atoms with Crippen LogP contribution in [0.5, 0.6) is 0 Å². The predicted octanol–water partition coefficient (Wildman–Crippen LogP) is 4.73. The third-order valence-corrected chi connectivity index (χ3v) is 5.17. The standard InChI is InChI=1S/C22H12Cl2F2N6O/c1-2-11-7-12(25)3-4-14(11)15-9-16(23)18(20(27)19(15)26)22(33)31-13-8-17(24)21(28-10-13)32-29-5-6-30-32/h1,3-10H,27H2,(H,31,33). The first-order valence-electron chi connectivity index (χ1n) is 9.17. The molecule has 0 radical (unpaired) electrons. The fourth-order valence-electron chi connectivity index (χ4n) is 3.11. The summed E-state index contributed by atoms with van der Waals surface area (Å²) in [6.45, 7) is 0. The summed E-state index contributed by atoms with van der Waals surface area (Å²) in [6.07, 6.45) is 9.63. The molecule has 0 aliphatic carbocycles. The summed E-state index contributed by atoms with van der Waals surface area (Å²) >= 11 is 12.5. The maximum atomic E-state index is 15.1. The van der Waals surface area contributed by atoms with Crippen molar-refractivity contribution in [1.29, 1.82) is 0 Å². The molecule has 1 amide bonds. The summed E-state index contributed by atoms with van der Waals surface area (Å²) in [5.74, 6) is 0.241. The Morgan fingerprint density at radius 3 is 2.48 bits per heavy atom. The molecule has 11 heteroatoms. The van der Waals surface area contributed by atoms with Gasteiger partial charge in [-0.2, -0.15) is 10.2 Å². The Bertz CT molecular complexity index is 1430. The van der Waals surface area contributed by atoms with Gasteiger partial charge in [-0.1, -0.05) is 35.2 Å². The van der Waals surface area contributed by atoms with Gasteiger partial charge in [0.05, 0.1) is 45.6 Å². The van der Waals surface area contributed by atoms with Crippen LogP contribution in [0.4, 0.5) is 20.2 Å². The Kier molecular flexibility index (Phi) is 5.96. The van der Waals surface area contributed by atoms with Gasteiger partial charge in [0.25, 0.3) is 5.91 Å². The lowest BCUT2D eigenvalue weighted by Gasteiger charge is -2.14. The second-order valence-corrected chi connectivity index (χ2v) is 7.46. The zero-order chi connectivity index (χ0) is 23.7. The molecule has 33 heavy (non-hydrogen) atoms. The van der Waals surface area contributed by atoms with Crippen molar-refractivity contribution in [3.05, 3.63) is 81.7 Å². The zero-order valence-corrected chi connectivity index (χ0v) is 18.0. The lowest BCUT2D eigenvalue weighted by Crippen LogP contribution is -2.16. The molecule has 0 saturated carbocycles. The quantitative estimate of drug-likeness (QED) is 0.322. The second-order valence-electron chi connectivity index (χ2n) is 6.64. The SMILES string of the molecule is C#Cc1cc(F)ccc1-c1cc(Cl)c(C(=O)Nc2cnc(-n3nccn3)c(Cl)c2)c(N)c1F. The van der Waals surface area contributed by atoms with Crippen molar-refractivity contribution in [1.82, 2.24) is 20.0 Å². The van der Waals surface area contributed by atoms with Gasteiger partial charge >= 0.3 is 0 Å². The fourth-order valence-corrected chi connectivity index (χ4v) is 3.65. The molecule has 0 saturated heterocycles. The van der Waals surface area contributed by atoms with Gasteiger partial charge in [-0.3, -0.25) is 4.79 Å². The van der Waals surface area contributed by atoms with Crippen LogP contribution in [-0.2, 0) is 0 Å². The summed E-state index contributed by atoms with van der Waals surface area (Å²) in [7, 11) is 0. The summed E-state index contributed by atoms with van der Waals surface area (Å²) in [6, 6.07) is 6.13. The van der Waals surface area contributed by atoms with Gasteiger partial charge in [-0.05, 0) is 24.3 Å². The van der Waals surface area contributed by atoms with Crippen LogP contribution in [0.1, 0.15) is 15.9 Å². The number of nitrogens with two attached hydrogens (primary N) is 1. The normalized spacial score (nSPS) is 10.6. The van der Waals surface area contributed by atoms with Crippen molar-refractivity contribution >= 4 is 40.5 Å². The molecule has 0 aliphatic heterocycles. The first-order chi connectivity index (χ1) is 15.8. The molecule has 4 aromatic rings. The highest BCUT2D eigenvalue weighted by Crippen LogP contribution is 2.36. The van der Waals surface area contributed by atoms with E-state index >= 15 is 4.39 Å². The molecule has 0 atom stereocenters. The Labute approximate surface area is 196 Å². The van der Waals surface area contributed by atoms with Crippen LogP contribution in [-0.4, -0.2) is 25.9 Å². The molecule has 7 nitrogen and oxygen atoms in total. The highest BCUT2D eigenvalue weighted by molar-refractivity contribution is 6.36. The first-order valence-corrected chi connectivity index (χ1v) is 9.93. The molecule has 2 aromatic heterocycles. The molecule has 0 unspecified atom stereocenters. The molecule has 164 valence electrons. The van der Waals surface area contributed by atoms with Gasteiger partial charge in [-0.15, -0.1) is 11.2 Å². The van der Waals surface area contributed by atoms with Gasteiger partial charge in [0.2, 0.25) is 0 Å². The van der Waals surface area contributed by atoms with E-state index in [2.05, 4.69) is 26.4 Å². The van der Waals surface area contributed by atoms with Crippen LogP contribution in [0.25, 0.3) is 16.9 Å². The summed E-state index contributed by atoms with van der Waals surface area (Å²) < 4.78 is 28.6. The molecular weight excluding hydrogens is 473 g/mol. The van der Waals surface area contributed by atoms with Crippen LogP contribution in [0.15, 0.2) is 48.9 Å². The minimum atomic E-state index is -0.927. The van der Waals surface area contributed by atoms with E-state index in [1.807, 2.05) is 0 Å². The molecule has 2 heterocycles. The smallest absolute Gasteiger partial charge is 0.259 e. The van der Waals surface area contributed by atoms with E-state index in [1.165, 1.54) is 41.6 Å². The van der Waals surface area contributed by atoms with Crippen molar-refractivity contribution in [2.45, 2.75) is 0 Å².